The summed E-state index contributed by atoms with van der Waals surface area (Å²) in [5, 5.41) is 3.45. The highest BCUT2D eigenvalue weighted by molar-refractivity contribution is 5.45. The van der Waals surface area contributed by atoms with E-state index in [1.54, 1.807) is 12.1 Å². The molecule has 0 fully saturated rings. The zero-order valence-electron chi connectivity index (χ0n) is 11.1. The minimum Gasteiger partial charge on any atom is -0.378 e. The van der Waals surface area contributed by atoms with Crippen LogP contribution in [0, 0.1) is 5.82 Å². The van der Waals surface area contributed by atoms with Crippen molar-refractivity contribution >= 4 is 5.69 Å². The lowest BCUT2D eigenvalue weighted by Crippen LogP contribution is -2.44. The quantitative estimate of drug-likeness (QED) is 0.864. The van der Waals surface area contributed by atoms with E-state index in [1.807, 2.05) is 30.3 Å². The second-order valence-electron chi connectivity index (χ2n) is 5.06. The highest BCUT2D eigenvalue weighted by Crippen LogP contribution is 2.19. The van der Waals surface area contributed by atoms with Gasteiger partial charge in [-0.2, -0.15) is 0 Å². The molecule has 0 spiro atoms. The Kier molecular flexibility index (Phi) is 4.17. The zero-order chi connectivity index (χ0) is 13.7. The SMILES string of the molecule is CC(CN)(Cc1ccc(F)cc1)Nc1ccccc1. The Morgan fingerprint density at radius 1 is 1.05 bits per heavy atom. The highest BCUT2D eigenvalue weighted by Gasteiger charge is 2.22. The Hall–Kier alpha value is -1.87. The van der Waals surface area contributed by atoms with Crippen molar-refractivity contribution in [2.45, 2.75) is 18.9 Å². The number of nitrogens with one attached hydrogen (secondary N) is 1. The molecule has 0 aliphatic rings. The molecule has 3 N–H and O–H groups in total. The number of hydrogen-bond donors (Lipinski definition) is 2. The van der Waals surface area contributed by atoms with E-state index in [0.717, 1.165) is 17.7 Å². The van der Waals surface area contributed by atoms with Crippen LogP contribution in [-0.2, 0) is 6.42 Å². The van der Waals surface area contributed by atoms with E-state index in [0.29, 0.717) is 6.54 Å². The highest BCUT2D eigenvalue weighted by atomic mass is 19.1. The van der Waals surface area contributed by atoms with Crippen LogP contribution in [0.4, 0.5) is 10.1 Å². The molecule has 2 rings (SSSR count). The average Bonchev–Trinajstić information content (AvgIpc) is 2.42. The van der Waals surface area contributed by atoms with Crippen molar-refractivity contribution < 1.29 is 4.39 Å². The predicted molar refractivity (Wildman–Crippen MR) is 77.6 cm³/mol. The molecule has 0 saturated heterocycles. The molecule has 2 nitrogen and oxygen atoms in total. The molecule has 0 aliphatic carbocycles. The number of para-hydroxylation sites is 1. The number of anilines is 1. The second kappa shape index (κ2) is 5.85. The van der Waals surface area contributed by atoms with Gasteiger partial charge in [-0.25, -0.2) is 4.39 Å². The van der Waals surface area contributed by atoms with E-state index in [2.05, 4.69) is 12.2 Å². The number of benzene rings is 2. The van der Waals surface area contributed by atoms with E-state index < -0.39 is 0 Å². The van der Waals surface area contributed by atoms with Crippen LogP contribution in [0.1, 0.15) is 12.5 Å². The normalized spacial score (nSPS) is 13.8. The maximum absolute atomic E-state index is 12.9. The molecule has 1 atom stereocenters. The fourth-order valence-corrected chi connectivity index (χ4v) is 2.09. The monoisotopic (exact) mass is 258 g/mol. The van der Waals surface area contributed by atoms with Crippen LogP contribution < -0.4 is 11.1 Å². The summed E-state index contributed by atoms with van der Waals surface area (Å²) in [4.78, 5) is 0. The van der Waals surface area contributed by atoms with Crippen molar-refractivity contribution in [2.24, 2.45) is 5.73 Å². The summed E-state index contributed by atoms with van der Waals surface area (Å²) in [6.07, 6.45) is 0.749. The van der Waals surface area contributed by atoms with Crippen LogP contribution >= 0.6 is 0 Å². The molecule has 0 aliphatic heterocycles. The van der Waals surface area contributed by atoms with Gasteiger partial charge in [-0.1, -0.05) is 30.3 Å². The molecule has 1 unspecified atom stereocenters. The first-order valence-electron chi connectivity index (χ1n) is 6.39. The molecule has 0 aromatic heterocycles. The number of halogens is 1. The van der Waals surface area contributed by atoms with Crippen molar-refractivity contribution in [2.75, 3.05) is 11.9 Å². The van der Waals surface area contributed by atoms with Crippen LogP contribution in [0.15, 0.2) is 54.6 Å². The molecule has 100 valence electrons. The molecule has 19 heavy (non-hydrogen) atoms. The summed E-state index contributed by atoms with van der Waals surface area (Å²) < 4.78 is 12.9. The average molecular weight is 258 g/mol. The molecular formula is C16H19FN2. The van der Waals surface area contributed by atoms with E-state index in [1.165, 1.54) is 12.1 Å². The van der Waals surface area contributed by atoms with Gasteiger partial charge in [-0.15, -0.1) is 0 Å². The van der Waals surface area contributed by atoms with Gasteiger partial charge in [-0.3, -0.25) is 0 Å². The number of hydrogen-bond acceptors (Lipinski definition) is 2. The lowest BCUT2D eigenvalue weighted by Gasteiger charge is -2.31. The van der Waals surface area contributed by atoms with Gasteiger partial charge in [0.25, 0.3) is 0 Å². The lowest BCUT2D eigenvalue weighted by molar-refractivity contribution is 0.520. The maximum Gasteiger partial charge on any atom is 0.123 e. The fraction of sp³-hybridized carbons (Fsp3) is 0.250. The first-order chi connectivity index (χ1) is 9.11. The standard InChI is InChI=1S/C16H19FN2/c1-16(12-18,19-15-5-3-2-4-6-15)11-13-7-9-14(17)10-8-13/h2-10,19H,11-12,18H2,1H3. The summed E-state index contributed by atoms with van der Waals surface area (Å²) >= 11 is 0. The molecule has 0 heterocycles. The van der Waals surface area contributed by atoms with Crippen LogP contribution in [0.2, 0.25) is 0 Å². The Bertz CT molecular complexity index is 510. The zero-order valence-corrected chi connectivity index (χ0v) is 11.1. The third-order valence-electron chi connectivity index (χ3n) is 3.18. The summed E-state index contributed by atoms with van der Waals surface area (Å²) in [6, 6.07) is 16.5. The van der Waals surface area contributed by atoms with Crippen LogP contribution in [0.25, 0.3) is 0 Å². The third kappa shape index (κ3) is 3.80. The molecule has 2 aromatic carbocycles. The van der Waals surface area contributed by atoms with Gasteiger partial charge in [0.2, 0.25) is 0 Å². The topological polar surface area (TPSA) is 38.0 Å². The van der Waals surface area contributed by atoms with Crippen molar-refractivity contribution in [3.8, 4) is 0 Å². The maximum atomic E-state index is 12.9. The third-order valence-corrected chi connectivity index (χ3v) is 3.18. The summed E-state index contributed by atoms with van der Waals surface area (Å²) in [6.45, 7) is 2.57. The molecule has 0 radical (unpaired) electrons. The fourth-order valence-electron chi connectivity index (χ4n) is 2.09. The second-order valence-corrected chi connectivity index (χ2v) is 5.06. The van der Waals surface area contributed by atoms with Crippen molar-refractivity contribution in [1.29, 1.82) is 0 Å². The van der Waals surface area contributed by atoms with E-state index >= 15 is 0 Å². The van der Waals surface area contributed by atoms with Crippen LogP contribution in [0.3, 0.4) is 0 Å². The molecule has 0 saturated carbocycles. The largest absolute Gasteiger partial charge is 0.378 e. The molecule has 2 aromatic rings. The van der Waals surface area contributed by atoms with Gasteiger partial charge in [0.1, 0.15) is 5.82 Å². The molecule has 3 heteroatoms. The van der Waals surface area contributed by atoms with Gasteiger partial charge >= 0.3 is 0 Å². The first kappa shape index (κ1) is 13.6. The van der Waals surface area contributed by atoms with Gasteiger partial charge < -0.3 is 11.1 Å². The number of nitrogens with two attached hydrogens (primary N) is 1. The first-order valence-corrected chi connectivity index (χ1v) is 6.39. The Balaban J connectivity index is 2.11. The van der Waals surface area contributed by atoms with Crippen molar-refractivity contribution in [3.63, 3.8) is 0 Å². The van der Waals surface area contributed by atoms with E-state index in [9.17, 15) is 4.39 Å². The minimum atomic E-state index is -0.251. The number of rotatable bonds is 5. The van der Waals surface area contributed by atoms with Gasteiger partial charge in [0.05, 0.1) is 5.54 Å². The van der Waals surface area contributed by atoms with Crippen molar-refractivity contribution in [1.82, 2.24) is 0 Å². The molecular weight excluding hydrogens is 239 g/mol. The predicted octanol–water partition coefficient (Wildman–Crippen LogP) is 3.20. The minimum absolute atomic E-state index is 0.214. The smallest absolute Gasteiger partial charge is 0.123 e. The molecule has 0 bridgehead atoms. The van der Waals surface area contributed by atoms with Gasteiger partial charge in [0.15, 0.2) is 0 Å². The van der Waals surface area contributed by atoms with Crippen molar-refractivity contribution in [3.05, 3.63) is 66.0 Å². The van der Waals surface area contributed by atoms with E-state index in [4.69, 9.17) is 5.73 Å². The Morgan fingerprint density at radius 3 is 2.26 bits per heavy atom. The van der Waals surface area contributed by atoms with Crippen LogP contribution in [0.5, 0.6) is 0 Å². The Labute approximate surface area is 113 Å². The summed E-state index contributed by atoms with van der Waals surface area (Å²) in [5.41, 5.74) is 7.75. The van der Waals surface area contributed by atoms with E-state index in [-0.39, 0.29) is 11.4 Å². The lowest BCUT2D eigenvalue weighted by atomic mass is 9.92. The molecule has 0 amide bonds. The van der Waals surface area contributed by atoms with Crippen LogP contribution in [-0.4, -0.2) is 12.1 Å². The van der Waals surface area contributed by atoms with Gasteiger partial charge in [0, 0.05) is 12.2 Å². The Morgan fingerprint density at radius 2 is 1.68 bits per heavy atom. The summed E-state index contributed by atoms with van der Waals surface area (Å²) in [7, 11) is 0. The summed E-state index contributed by atoms with van der Waals surface area (Å²) in [5.74, 6) is -0.214. The van der Waals surface area contributed by atoms with Gasteiger partial charge in [-0.05, 0) is 43.2 Å².